The van der Waals surface area contributed by atoms with Gasteiger partial charge in [-0.05, 0) is 37.3 Å². The fourth-order valence-electron chi connectivity index (χ4n) is 2.82. The number of rotatable bonds is 2. The highest BCUT2D eigenvalue weighted by Gasteiger charge is 2.31. The van der Waals surface area contributed by atoms with E-state index < -0.39 is 0 Å². The zero-order valence-corrected chi connectivity index (χ0v) is 11.2. The molecule has 0 radical (unpaired) electrons. The van der Waals surface area contributed by atoms with Crippen molar-refractivity contribution in [3.63, 3.8) is 0 Å². The number of hydrogen-bond donors (Lipinski definition) is 1. The standard InChI is InChI=1S/C13H24N2O2/c1-13(2,3)10-4-6-15(7-5-10)8-11-9-17-12(16)14-11/h10-11H,4-9H2,1-3H3,(H,14,16)/t11-/m1/s1. The van der Waals surface area contributed by atoms with Gasteiger partial charge in [0.1, 0.15) is 6.61 Å². The van der Waals surface area contributed by atoms with Crippen LogP contribution in [0.2, 0.25) is 0 Å². The Morgan fingerprint density at radius 1 is 1.35 bits per heavy atom. The van der Waals surface area contributed by atoms with Crippen LogP contribution in [0.3, 0.4) is 0 Å². The summed E-state index contributed by atoms with van der Waals surface area (Å²) < 4.78 is 4.91. The van der Waals surface area contributed by atoms with Crippen molar-refractivity contribution in [2.24, 2.45) is 11.3 Å². The molecular weight excluding hydrogens is 216 g/mol. The molecule has 1 atom stereocenters. The molecule has 2 aliphatic heterocycles. The average Bonchev–Trinajstić information content (AvgIpc) is 2.63. The SMILES string of the molecule is CC(C)(C)C1CCN(C[C@@H]2COC(=O)N2)CC1. The molecule has 2 aliphatic rings. The fraction of sp³-hybridized carbons (Fsp3) is 0.923. The summed E-state index contributed by atoms with van der Waals surface area (Å²) in [6, 6.07) is 0.189. The molecular formula is C13H24N2O2. The lowest BCUT2D eigenvalue weighted by atomic mass is 9.75. The summed E-state index contributed by atoms with van der Waals surface area (Å²) >= 11 is 0. The second-order valence-electron chi connectivity index (χ2n) is 6.38. The minimum Gasteiger partial charge on any atom is -0.447 e. The number of amides is 1. The number of alkyl carbamates (subject to hydrolysis) is 1. The summed E-state index contributed by atoms with van der Waals surface area (Å²) in [4.78, 5) is 13.4. The molecule has 2 heterocycles. The van der Waals surface area contributed by atoms with E-state index in [1.165, 1.54) is 12.8 Å². The van der Waals surface area contributed by atoms with Crippen LogP contribution in [0, 0.1) is 11.3 Å². The van der Waals surface area contributed by atoms with Crippen LogP contribution < -0.4 is 5.32 Å². The number of nitrogens with one attached hydrogen (secondary N) is 1. The minimum atomic E-state index is -0.264. The summed E-state index contributed by atoms with van der Waals surface area (Å²) in [6.07, 6.45) is 2.27. The van der Waals surface area contributed by atoms with Crippen molar-refractivity contribution in [1.29, 1.82) is 0 Å². The van der Waals surface area contributed by atoms with Crippen LogP contribution >= 0.6 is 0 Å². The number of likely N-dealkylation sites (tertiary alicyclic amines) is 1. The summed E-state index contributed by atoms with van der Waals surface area (Å²) in [5.74, 6) is 0.827. The van der Waals surface area contributed by atoms with E-state index in [0.29, 0.717) is 12.0 Å². The lowest BCUT2D eigenvalue weighted by Gasteiger charge is -2.39. The van der Waals surface area contributed by atoms with Gasteiger partial charge >= 0.3 is 6.09 Å². The second-order valence-corrected chi connectivity index (χ2v) is 6.38. The maximum Gasteiger partial charge on any atom is 0.407 e. The lowest BCUT2D eigenvalue weighted by molar-refractivity contribution is 0.105. The fourth-order valence-corrected chi connectivity index (χ4v) is 2.82. The molecule has 0 aliphatic carbocycles. The smallest absolute Gasteiger partial charge is 0.407 e. The van der Waals surface area contributed by atoms with Gasteiger partial charge in [-0.2, -0.15) is 0 Å². The molecule has 1 N–H and O–H groups in total. The molecule has 0 spiro atoms. The third-order valence-electron chi connectivity index (χ3n) is 4.03. The molecule has 1 amide bonds. The van der Waals surface area contributed by atoms with E-state index in [1.54, 1.807) is 0 Å². The highest BCUT2D eigenvalue weighted by atomic mass is 16.6. The molecule has 2 rings (SSSR count). The molecule has 0 aromatic rings. The molecule has 2 saturated heterocycles. The van der Waals surface area contributed by atoms with Crippen molar-refractivity contribution in [1.82, 2.24) is 10.2 Å². The third kappa shape index (κ3) is 3.35. The minimum absolute atomic E-state index is 0.189. The van der Waals surface area contributed by atoms with E-state index in [0.717, 1.165) is 25.6 Å². The quantitative estimate of drug-likeness (QED) is 0.801. The number of ether oxygens (including phenoxy) is 1. The Bertz CT molecular complexity index is 278. The predicted molar refractivity (Wildman–Crippen MR) is 66.9 cm³/mol. The molecule has 4 heteroatoms. The van der Waals surface area contributed by atoms with Crippen molar-refractivity contribution in [2.45, 2.75) is 39.7 Å². The van der Waals surface area contributed by atoms with E-state index >= 15 is 0 Å². The first-order valence-electron chi connectivity index (χ1n) is 6.61. The Balaban J connectivity index is 1.74. The first kappa shape index (κ1) is 12.7. The molecule has 4 nitrogen and oxygen atoms in total. The van der Waals surface area contributed by atoms with Crippen LogP contribution in [-0.4, -0.2) is 43.3 Å². The van der Waals surface area contributed by atoms with Gasteiger partial charge in [-0.1, -0.05) is 20.8 Å². The van der Waals surface area contributed by atoms with E-state index in [1.807, 2.05) is 0 Å². The number of hydrogen-bond acceptors (Lipinski definition) is 3. The second kappa shape index (κ2) is 4.84. The first-order chi connectivity index (χ1) is 7.95. The molecule has 0 unspecified atom stereocenters. The first-order valence-corrected chi connectivity index (χ1v) is 6.61. The van der Waals surface area contributed by atoms with Gasteiger partial charge in [0.25, 0.3) is 0 Å². The van der Waals surface area contributed by atoms with Crippen LogP contribution in [-0.2, 0) is 4.74 Å². The van der Waals surface area contributed by atoms with Gasteiger partial charge in [0.2, 0.25) is 0 Å². The topological polar surface area (TPSA) is 41.6 Å². The van der Waals surface area contributed by atoms with E-state index in [2.05, 4.69) is 31.0 Å². The predicted octanol–water partition coefficient (Wildman–Crippen LogP) is 1.85. The summed E-state index contributed by atoms with van der Waals surface area (Å²) in [7, 11) is 0. The zero-order chi connectivity index (χ0) is 12.5. The summed E-state index contributed by atoms with van der Waals surface area (Å²) in [5.41, 5.74) is 0.427. The average molecular weight is 240 g/mol. The van der Waals surface area contributed by atoms with Crippen molar-refractivity contribution in [3.05, 3.63) is 0 Å². The number of nitrogens with zero attached hydrogens (tertiary/aromatic N) is 1. The van der Waals surface area contributed by atoms with Gasteiger partial charge in [-0.3, -0.25) is 0 Å². The van der Waals surface area contributed by atoms with Gasteiger partial charge in [-0.25, -0.2) is 4.79 Å². The van der Waals surface area contributed by atoms with Gasteiger partial charge in [0.05, 0.1) is 6.04 Å². The van der Waals surface area contributed by atoms with Crippen LogP contribution in [0.15, 0.2) is 0 Å². The van der Waals surface area contributed by atoms with Crippen molar-refractivity contribution in [2.75, 3.05) is 26.2 Å². The van der Waals surface area contributed by atoms with Crippen LogP contribution in [0.5, 0.6) is 0 Å². The van der Waals surface area contributed by atoms with E-state index in [-0.39, 0.29) is 12.1 Å². The third-order valence-corrected chi connectivity index (χ3v) is 4.03. The normalized spacial score (nSPS) is 27.9. The van der Waals surface area contributed by atoms with Crippen molar-refractivity contribution in [3.8, 4) is 0 Å². The summed E-state index contributed by atoms with van der Waals surface area (Å²) in [5, 5.41) is 2.84. The van der Waals surface area contributed by atoms with Crippen molar-refractivity contribution >= 4 is 6.09 Å². The maximum absolute atomic E-state index is 10.9. The number of carbonyl (C=O) groups excluding carboxylic acids is 1. The lowest BCUT2D eigenvalue weighted by Crippen LogP contribution is -2.44. The molecule has 2 fully saturated rings. The molecule has 17 heavy (non-hydrogen) atoms. The zero-order valence-electron chi connectivity index (χ0n) is 11.2. The van der Waals surface area contributed by atoms with Gasteiger partial charge in [0.15, 0.2) is 0 Å². The van der Waals surface area contributed by atoms with Gasteiger partial charge < -0.3 is 15.0 Å². The molecule has 0 aromatic carbocycles. The van der Waals surface area contributed by atoms with Gasteiger partial charge in [0, 0.05) is 6.54 Å². The Morgan fingerprint density at radius 3 is 2.47 bits per heavy atom. The summed E-state index contributed by atoms with van der Waals surface area (Å²) in [6.45, 7) is 10.7. The highest BCUT2D eigenvalue weighted by Crippen LogP contribution is 2.34. The Kier molecular flexibility index (Phi) is 3.61. The Labute approximate surface area is 104 Å². The monoisotopic (exact) mass is 240 g/mol. The number of carbonyl (C=O) groups is 1. The van der Waals surface area contributed by atoms with E-state index in [9.17, 15) is 4.79 Å². The molecule has 0 bridgehead atoms. The van der Waals surface area contributed by atoms with Crippen LogP contribution in [0.4, 0.5) is 4.79 Å². The highest BCUT2D eigenvalue weighted by molar-refractivity contribution is 5.69. The molecule has 98 valence electrons. The Morgan fingerprint density at radius 2 is 2.00 bits per heavy atom. The molecule has 0 saturated carbocycles. The van der Waals surface area contributed by atoms with Crippen molar-refractivity contribution < 1.29 is 9.53 Å². The van der Waals surface area contributed by atoms with Crippen LogP contribution in [0.1, 0.15) is 33.6 Å². The number of cyclic esters (lactones) is 1. The Hall–Kier alpha value is -0.770. The number of piperidine rings is 1. The maximum atomic E-state index is 10.9. The molecule has 0 aromatic heterocycles. The van der Waals surface area contributed by atoms with Gasteiger partial charge in [-0.15, -0.1) is 0 Å². The van der Waals surface area contributed by atoms with Crippen LogP contribution in [0.25, 0.3) is 0 Å². The largest absolute Gasteiger partial charge is 0.447 e. The van der Waals surface area contributed by atoms with E-state index in [4.69, 9.17) is 4.74 Å².